The highest BCUT2D eigenvalue weighted by Gasteiger charge is 2.53. The third-order valence-electron chi connectivity index (χ3n) is 4.74. The van der Waals surface area contributed by atoms with Crippen LogP contribution < -0.4 is 0 Å². The van der Waals surface area contributed by atoms with Gasteiger partial charge in [-0.05, 0) is 13.3 Å². The standard InChI is InChI=1S/C20H28O12/c1-9(14-6-7-16(25)31-14)27-20-19(30-13(5)24)18(29-12(4)23)17(28-11(3)22)15(32-20)8-26-10(2)21/h9,14-15,17-20H,6-8H2,1-5H3/t9-,14+,15+,17+,18-,19+,20+/m0/s1. The van der Waals surface area contributed by atoms with E-state index in [2.05, 4.69) is 0 Å². The Morgan fingerprint density at radius 3 is 1.97 bits per heavy atom. The number of esters is 5. The van der Waals surface area contributed by atoms with Crippen molar-refractivity contribution >= 4 is 29.8 Å². The van der Waals surface area contributed by atoms with Gasteiger partial charge in [-0.1, -0.05) is 0 Å². The van der Waals surface area contributed by atoms with E-state index in [1.165, 1.54) is 6.92 Å². The number of carbonyl (C=O) groups excluding carboxylic acids is 5. The van der Waals surface area contributed by atoms with Crippen LogP contribution in [0.1, 0.15) is 47.5 Å². The zero-order chi connectivity index (χ0) is 24.0. The molecular weight excluding hydrogens is 432 g/mol. The van der Waals surface area contributed by atoms with E-state index in [9.17, 15) is 24.0 Å². The summed E-state index contributed by atoms with van der Waals surface area (Å²) >= 11 is 0. The Labute approximate surface area is 184 Å². The minimum Gasteiger partial charge on any atom is -0.463 e. The van der Waals surface area contributed by atoms with Crippen LogP contribution in [0.5, 0.6) is 0 Å². The van der Waals surface area contributed by atoms with Gasteiger partial charge in [0.25, 0.3) is 0 Å². The average Bonchev–Trinajstić information content (AvgIpc) is 3.10. The van der Waals surface area contributed by atoms with E-state index in [1.807, 2.05) is 0 Å². The van der Waals surface area contributed by atoms with Gasteiger partial charge >= 0.3 is 29.8 Å². The molecule has 12 heteroatoms. The van der Waals surface area contributed by atoms with Crippen LogP contribution in [0.25, 0.3) is 0 Å². The molecule has 2 rings (SSSR count). The molecule has 0 aromatic carbocycles. The average molecular weight is 460 g/mol. The van der Waals surface area contributed by atoms with Gasteiger partial charge in [0, 0.05) is 34.1 Å². The molecule has 7 atom stereocenters. The van der Waals surface area contributed by atoms with E-state index in [4.69, 9.17) is 33.2 Å². The first kappa shape index (κ1) is 25.5. The van der Waals surface area contributed by atoms with Crippen molar-refractivity contribution in [2.75, 3.05) is 6.61 Å². The van der Waals surface area contributed by atoms with Gasteiger partial charge < -0.3 is 33.2 Å². The minimum absolute atomic E-state index is 0.233. The lowest BCUT2D eigenvalue weighted by molar-refractivity contribution is -0.320. The summed E-state index contributed by atoms with van der Waals surface area (Å²) in [6, 6.07) is 0. The van der Waals surface area contributed by atoms with Gasteiger partial charge in [0.05, 0.1) is 6.10 Å². The number of rotatable bonds is 8. The minimum atomic E-state index is -1.33. The number of hydrogen-bond acceptors (Lipinski definition) is 12. The Balaban J connectivity index is 2.35. The van der Waals surface area contributed by atoms with Crippen LogP contribution in [0.4, 0.5) is 0 Å². The fourth-order valence-electron chi connectivity index (χ4n) is 3.47. The molecule has 0 aromatic rings. The van der Waals surface area contributed by atoms with Crippen molar-refractivity contribution in [3.8, 4) is 0 Å². The smallest absolute Gasteiger partial charge is 0.306 e. The lowest BCUT2D eigenvalue weighted by Crippen LogP contribution is -2.63. The molecule has 32 heavy (non-hydrogen) atoms. The summed E-state index contributed by atoms with van der Waals surface area (Å²) < 4.78 is 37.9. The van der Waals surface area contributed by atoms with Crippen molar-refractivity contribution in [1.29, 1.82) is 0 Å². The second-order valence-corrected chi connectivity index (χ2v) is 7.48. The predicted molar refractivity (Wildman–Crippen MR) is 102 cm³/mol. The van der Waals surface area contributed by atoms with E-state index < -0.39 is 66.8 Å². The van der Waals surface area contributed by atoms with Crippen LogP contribution in [-0.4, -0.2) is 79.4 Å². The molecule has 0 amide bonds. The molecule has 2 aliphatic heterocycles. The van der Waals surface area contributed by atoms with Crippen molar-refractivity contribution in [2.45, 2.75) is 90.4 Å². The number of hydrogen-bond donors (Lipinski definition) is 0. The predicted octanol–water partition coefficient (Wildman–Crippen LogP) is 0.180. The highest BCUT2D eigenvalue weighted by atomic mass is 16.7. The summed E-state index contributed by atoms with van der Waals surface area (Å²) in [5.74, 6) is -3.19. The molecule has 0 saturated carbocycles. The van der Waals surface area contributed by atoms with Crippen molar-refractivity contribution < 1.29 is 57.1 Å². The van der Waals surface area contributed by atoms with Crippen LogP contribution in [-0.2, 0) is 57.1 Å². The first-order chi connectivity index (χ1) is 15.0. The van der Waals surface area contributed by atoms with Gasteiger partial charge in [-0.25, -0.2) is 0 Å². The Morgan fingerprint density at radius 2 is 1.47 bits per heavy atom. The fraction of sp³-hybridized carbons (Fsp3) is 0.750. The van der Waals surface area contributed by atoms with E-state index >= 15 is 0 Å². The third kappa shape index (κ3) is 7.16. The monoisotopic (exact) mass is 460 g/mol. The van der Waals surface area contributed by atoms with Gasteiger partial charge in [0.1, 0.15) is 18.8 Å². The summed E-state index contributed by atoms with van der Waals surface area (Å²) in [4.78, 5) is 58.1. The van der Waals surface area contributed by atoms with Crippen molar-refractivity contribution in [3.05, 3.63) is 0 Å². The lowest BCUT2D eigenvalue weighted by Gasteiger charge is -2.44. The van der Waals surface area contributed by atoms with Crippen molar-refractivity contribution in [3.63, 3.8) is 0 Å². The Kier molecular flexibility index (Phi) is 8.96. The van der Waals surface area contributed by atoms with Crippen LogP contribution in [0.2, 0.25) is 0 Å². The Hall–Kier alpha value is -2.73. The summed E-state index contributed by atoms with van der Waals surface area (Å²) in [6.07, 6.45) is -6.92. The summed E-state index contributed by atoms with van der Waals surface area (Å²) in [7, 11) is 0. The van der Waals surface area contributed by atoms with E-state index in [1.54, 1.807) is 6.92 Å². The fourth-order valence-corrected chi connectivity index (χ4v) is 3.47. The van der Waals surface area contributed by atoms with Crippen LogP contribution in [0.15, 0.2) is 0 Å². The van der Waals surface area contributed by atoms with Gasteiger partial charge in [-0.2, -0.15) is 0 Å². The largest absolute Gasteiger partial charge is 0.463 e. The molecule has 2 heterocycles. The van der Waals surface area contributed by atoms with E-state index in [0.29, 0.717) is 6.42 Å². The van der Waals surface area contributed by atoms with Gasteiger partial charge in [0.15, 0.2) is 24.6 Å². The molecule has 2 saturated heterocycles. The van der Waals surface area contributed by atoms with Crippen molar-refractivity contribution in [1.82, 2.24) is 0 Å². The molecule has 12 nitrogen and oxygen atoms in total. The molecule has 0 unspecified atom stereocenters. The summed E-state index contributed by atoms with van der Waals surface area (Å²) in [6.45, 7) is 5.85. The van der Waals surface area contributed by atoms with Crippen LogP contribution in [0.3, 0.4) is 0 Å². The Morgan fingerprint density at radius 1 is 0.906 bits per heavy atom. The molecule has 0 aliphatic carbocycles. The molecule has 2 aliphatic rings. The second kappa shape index (κ2) is 11.2. The van der Waals surface area contributed by atoms with Gasteiger partial charge in [-0.3, -0.25) is 24.0 Å². The van der Waals surface area contributed by atoms with E-state index in [0.717, 1.165) is 20.8 Å². The maximum absolute atomic E-state index is 11.8. The molecular formula is C20H28O12. The van der Waals surface area contributed by atoms with Gasteiger partial charge in [-0.15, -0.1) is 0 Å². The number of ether oxygens (including phenoxy) is 7. The highest BCUT2D eigenvalue weighted by molar-refractivity contribution is 5.71. The second-order valence-electron chi connectivity index (χ2n) is 7.48. The van der Waals surface area contributed by atoms with Crippen LogP contribution in [0, 0.1) is 0 Å². The van der Waals surface area contributed by atoms with Crippen LogP contribution >= 0.6 is 0 Å². The summed E-state index contributed by atoms with van der Waals surface area (Å²) in [5, 5.41) is 0. The lowest BCUT2D eigenvalue weighted by atomic mass is 9.98. The molecule has 0 spiro atoms. The molecule has 180 valence electrons. The molecule has 0 bridgehead atoms. The molecule has 2 fully saturated rings. The maximum atomic E-state index is 11.8. The third-order valence-corrected chi connectivity index (χ3v) is 4.74. The van der Waals surface area contributed by atoms with Gasteiger partial charge in [0.2, 0.25) is 0 Å². The SMILES string of the molecule is CC(=O)OC[C@H]1O[C@@H](O[C@@H](C)[C@H]2CCC(=O)O2)[C@H](OC(C)=O)[C@@H](OC(C)=O)[C@@H]1OC(C)=O. The van der Waals surface area contributed by atoms with E-state index in [-0.39, 0.29) is 19.0 Å². The molecule has 0 aromatic heterocycles. The zero-order valence-electron chi connectivity index (χ0n) is 18.6. The quantitative estimate of drug-likeness (QED) is 0.359. The molecule has 0 N–H and O–H groups in total. The first-order valence-electron chi connectivity index (χ1n) is 10.1. The topological polar surface area (TPSA) is 150 Å². The maximum Gasteiger partial charge on any atom is 0.306 e. The van der Waals surface area contributed by atoms with Crippen molar-refractivity contribution in [2.24, 2.45) is 0 Å². The Bertz CT molecular complexity index is 734. The normalized spacial score (nSPS) is 30.6. The zero-order valence-corrected chi connectivity index (χ0v) is 18.6. The number of cyclic esters (lactones) is 1. The summed E-state index contributed by atoms with van der Waals surface area (Å²) in [5.41, 5.74) is 0. The highest BCUT2D eigenvalue weighted by Crippen LogP contribution is 2.31. The number of carbonyl (C=O) groups is 5. The molecule has 0 radical (unpaired) electrons. The first-order valence-corrected chi connectivity index (χ1v) is 10.1.